The number of nitro groups is 1. The van der Waals surface area contributed by atoms with Gasteiger partial charge in [-0.05, 0) is 6.07 Å². The van der Waals surface area contributed by atoms with Crippen LogP contribution in [0.15, 0.2) is 18.2 Å². The monoisotopic (exact) mass is 331 g/mol. The summed E-state index contributed by atoms with van der Waals surface area (Å²) in [4.78, 5) is 24.6. The summed E-state index contributed by atoms with van der Waals surface area (Å²) < 4.78 is 39.6. The smallest absolute Gasteiger partial charge is 0.367 e. The molecule has 9 heteroatoms. The molecule has 0 aliphatic carbocycles. The first kappa shape index (κ1) is 17.0. The Morgan fingerprint density at radius 1 is 1.26 bits per heavy atom. The van der Waals surface area contributed by atoms with Crippen molar-refractivity contribution in [2.75, 3.05) is 31.1 Å². The van der Waals surface area contributed by atoms with Crippen molar-refractivity contribution >= 4 is 17.3 Å². The van der Waals surface area contributed by atoms with Crippen molar-refractivity contribution in [1.29, 1.82) is 0 Å². The van der Waals surface area contributed by atoms with Gasteiger partial charge >= 0.3 is 6.18 Å². The molecule has 1 saturated heterocycles. The van der Waals surface area contributed by atoms with Crippen molar-refractivity contribution in [2.45, 2.75) is 19.5 Å². The van der Waals surface area contributed by atoms with Crippen molar-refractivity contribution in [3.63, 3.8) is 0 Å². The zero-order valence-electron chi connectivity index (χ0n) is 12.5. The molecule has 1 aromatic rings. The molecular formula is C14H16F3N3O3. The van der Waals surface area contributed by atoms with E-state index in [0.717, 1.165) is 12.1 Å². The van der Waals surface area contributed by atoms with Crippen LogP contribution in [-0.2, 0) is 11.0 Å². The third-order valence-electron chi connectivity index (χ3n) is 3.77. The van der Waals surface area contributed by atoms with Crippen LogP contribution >= 0.6 is 0 Å². The second-order valence-corrected chi connectivity index (χ2v) is 5.18. The summed E-state index contributed by atoms with van der Waals surface area (Å²) in [7, 11) is 0. The number of carbonyl (C=O) groups is 1. The van der Waals surface area contributed by atoms with E-state index in [-0.39, 0.29) is 24.7 Å². The van der Waals surface area contributed by atoms with Crippen molar-refractivity contribution < 1.29 is 22.9 Å². The summed E-state index contributed by atoms with van der Waals surface area (Å²) in [5.74, 6) is -0.0376. The van der Waals surface area contributed by atoms with Crippen LogP contribution in [-0.4, -0.2) is 41.9 Å². The summed E-state index contributed by atoms with van der Waals surface area (Å²) in [6.45, 7) is 2.91. The molecule has 1 fully saturated rings. The van der Waals surface area contributed by atoms with E-state index >= 15 is 0 Å². The molecule has 23 heavy (non-hydrogen) atoms. The maximum absolute atomic E-state index is 13.2. The largest absolute Gasteiger partial charge is 0.418 e. The molecule has 126 valence electrons. The normalized spacial score (nSPS) is 15.7. The second-order valence-electron chi connectivity index (χ2n) is 5.18. The Morgan fingerprint density at radius 2 is 1.87 bits per heavy atom. The van der Waals surface area contributed by atoms with E-state index in [4.69, 9.17) is 0 Å². The predicted molar refractivity (Wildman–Crippen MR) is 77.2 cm³/mol. The Hall–Kier alpha value is -2.32. The van der Waals surface area contributed by atoms with Crippen LogP contribution in [0.25, 0.3) is 0 Å². The van der Waals surface area contributed by atoms with E-state index < -0.39 is 22.4 Å². The van der Waals surface area contributed by atoms with Crippen LogP contribution in [0, 0.1) is 10.1 Å². The topological polar surface area (TPSA) is 66.7 Å². The number of hydrogen-bond donors (Lipinski definition) is 0. The Bertz CT molecular complexity index is 611. The summed E-state index contributed by atoms with van der Waals surface area (Å²) in [6.07, 6.45) is -4.33. The molecule has 0 atom stereocenters. The van der Waals surface area contributed by atoms with Gasteiger partial charge in [-0.15, -0.1) is 0 Å². The molecule has 0 aromatic heterocycles. The Labute approximate surface area is 130 Å². The molecule has 0 N–H and O–H groups in total. The highest BCUT2D eigenvalue weighted by Gasteiger charge is 2.37. The third kappa shape index (κ3) is 3.72. The number of alkyl halides is 3. The number of nitrogens with zero attached hydrogens (tertiary/aromatic N) is 3. The maximum atomic E-state index is 13.2. The first-order valence-corrected chi connectivity index (χ1v) is 7.12. The van der Waals surface area contributed by atoms with E-state index in [1.807, 2.05) is 0 Å². The van der Waals surface area contributed by atoms with E-state index in [9.17, 15) is 28.1 Å². The fourth-order valence-electron chi connectivity index (χ4n) is 2.56. The Balaban J connectivity index is 2.26. The number of anilines is 1. The SMILES string of the molecule is CCC(=O)N1CCN(c2ccc([N+](=O)[O-])cc2C(F)(F)F)CC1. The van der Waals surface area contributed by atoms with Gasteiger partial charge in [-0.2, -0.15) is 13.2 Å². The molecule has 1 aliphatic rings. The van der Waals surface area contributed by atoms with Gasteiger partial charge in [0.25, 0.3) is 5.69 Å². The molecule has 0 spiro atoms. The van der Waals surface area contributed by atoms with Gasteiger partial charge in [-0.25, -0.2) is 0 Å². The lowest BCUT2D eigenvalue weighted by atomic mass is 10.1. The van der Waals surface area contributed by atoms with Crippen LogP contribution in [0.1, 0.15) is 18.9 Å². The van der Waals surface area contributed by atoms with Gasteiger partial charge in [-0.3, -0.25) is 14.9 Å². The molecular weight excluding hydrogens is 315 g/mol. The lowest BCUT2D eigenvalue weighted by Crippen LogP contribution is -2.49. The van der Waals surface area contributed by atoms with E-state index in [2.05, 4.69) is 0 Å². The molecule has 1 aromatic carbocycles. The minimum Gasteiger partial charge on any atom is -0.367 e. The zero-order valence-corrected chi connectivity index (χ0v) is 12.5. The molecule has 1 aliphatic heterocycles. The minimum atomic E-state index is -4.68. The van der Waals surface area contributed by atoms with Crippen LogP contribution in [0.5, 0.6) is 0 Å². The van der Waals surface area contributed by atoms with Gasteiger partial charge in [0.05, 0.1) is 10.5 Å². The highest BCUT2D eigenvalue weighted by molar-refractivity contribution is 5.76. The number of hydrogen-bond acceptors (Lipinski definition) is 4. The second kappa shape index (κ2) is 6.43. The van der Waals surface area contributed by atoms with Crippen molar-refractivity contribution in [1.82, 2.24) is 4.90 Å². The fourth-order valence-corrected chi connectivity index (χ4v) is 2.56. The highest BCUT2D eigenvalue weighted by atomic mass is 19.4. The Morgan fingerprint density at radius 3 is 2.35 bits per heavy atom. The van der Waals surface area contributed by atoms with Gasteiger partial charge < -0.3 is 9.80 Å². The lowest BCUT2D eigenvalue weighted by Gasteiger charge is -2.37. The third-order valence-corrected chi connectivity index (χ3v) is 3.77. The molecule has 0 bridgehead atoms. The van der Waals surface area contributed by atoms with E-state index in [1.165, 1.54) is 4.90 Å². The number of rotatable bonds is 3. The fraction of sp³-hybridized carbons (Fsp3) is 0.500. The van der Waals surface area contributed by atoms with Crippen LogP contribution in [0.3, 0.4) is 0 Å². The molecule has 0 unspecified atom stereocenters. The Kier molecular flexibility index (Phi) is 4.76. The van der Waals surface area contributed by atoms with Gasteiger partial charge in [0.1, 0.15) is 0 Å². The van der Waals surface area contributed by atoms with Gasteiger partial charge in [0.2, 0.25) is 5.91 Å². The number of nitro benzene ring substituents is 1. The number of non-ortho nitro benzene ring substituents is 1. The molecule has 2 rings (SSSR count). The van der Waals surface area contributed by atoms with Crippen LogP contribution in [0.2, 0.25) is 0 Å². The standard InChI is InChI=1S/C14H16F3N3O3/c1-2-13(21)19-7-5-18(6-8-19)12-4-3-10(20(22)23)9-11(12)14(15,16)17/h3-4,9H,2,5-8H2,1H3. The number of piperazine rings is 1. The zero-order chi connectivity index (χ0) is 17.2. The number of amides is 1. The lowest BCUT2D eigenvalue weighted by molar-refractivity contribution is -0.385. The highest BCUT2D eigenvalue weighted by Crippen LogP contribution is 2.39. The van der Waals surface area contributed by atoms with Crippen molar-refractivity contribution in [2.24, 2.45) is 0 Å². The average molecular weight is 331 g/mol. The predicted octanol–water partition coefficient (Wildman–Crippen LogP) is 2.67. The summed E-state index contributed by atoms with van der Waals surface area (Å²) in [6, 6.07) is 2.74. The van der Waals surface area contributed by atoms with Crippen molar-refractivity contribution in [3.05, 3.63) is 33.9 Å². The van der Waals surface area contributed by atoms with Crippen LogP contribution < -0.4 is 4.90 Å². The van der Waals surface area contributed by atoms with E-state index in [0.29, 0.717) is 25.6 Å². The molecule has 0 saturated carbocycles. The first-order valence-electron chi connectivity index (χ1n) is 7.12. The summed E-state index contributed by atoms with van der Waals surface area (Å²) in [5, 5.41) is 10.7. The summed E-state index contributed by atoms with van der Waals surface area (Å²) >= 11 is 0. The van der Waals surface area contributed by atoms with Gasteiger partial charge in [0, 0.05) is 50.4 Å². The van der Waals surface area contributed by atoms with Crippen LogP contribution in [0.4, 0.5) is 24.5 Å². The summed E-state index contributed by atoms with van der Waals surface area (Å²) in [5.41, 5.74) is -1.71. The average Bonchev–Trinajstić information content (AvgIpc) is 2.52. The molecule has 6 nitrogen and oxygen atoms in total. The first-order chi connectivity index (χ1) is 10.7. The maximum Gasteiger partial charge on any atom is 0.418 e. The van der Waals surface area contributed by atoms with Gasteiger partial charge in [0.15, 0.2) is 0 Å². The number of halogens is 3. The minimum absolute atomic E-state index is 0.0376. The molecule has 0 radical (unpaired) electrons. The number of carbonyl (C=O) groups excluding carboxylic acids is 1. The molecule has 1 amide bonds. The van der Waals surface area contributed by atoms with Gasteiger partial charge in [-0.1, -0.05) is 6.92 Å². The quantitative estimate of drug-likeness (QED) is 0.631. The van der Waals surface area contributed by atoms with E-state index in [1.54, 1.807) is 11.8 Å². The van der Waals surface area contributed by atoms with Crippen molar-refractivity contribution in [3.8, 4) is 0 Å². The molecule has 1 heterocycles. The number of benzene rings is 1.